The lowest BCUT2D eigenvalue weighted by Gasteiger charge is -2.31. The average Bonchev–Trinajstić information content (AvgIpc) is 2.81. The molecule has 2 aliphatic heterocycles. The Morgan fingerprint density at radius 2 is 1.85 bits per heavy atom. The second-order valence-electron chi connectivity index (χ2n) is 4.14. The van der Waals surface area contributed by atoms with E-state index in [4.69, 9.17) is 14.2 Å². The van der Waals surface area contributed by atoms with Gasteiger partial charge in [0.05, 0.1) is 31.5 Å². The summed E-state index contributed by atoms with van der Waals surface area (Å²) in [5.74, 6) is 0. The highest BCUT2D eigenvalue weighted by molar-refractivity contribution is 4.75. The number of rotatable bonds is 3. The maximum absolute atomic E-state index is 5.74. The molecule has 0 bridgehead atoms. The van der Waals surface area contributed by atoms with E-state index in [2.05, 4.69) is 13.8 Å². The van der Waals surface area contributed by atoms with Gasteiger partial charge in [0, 0.05) is 0 Å². The minimum atomic E-state index is 0.342. The molecule has 13 heavy (non-hydrogen) atoms. The summed E-state index contributed by atoms with van der Waals surface area (Å²) < 4.78 is 16.5. The van der Waals surface area contributed by atoms with E-state index < -0.39 is 0 Å². The van der Waals surface area contributed by atoms with E-state index in [9.17, 15) is 0 Å². The minimum absolute atomic E-state index is 0.342. The van der Waals surface area contributed by atoms with E-state index in [0.29, 0.717) is 24.4 Å². The molecular weight excluding hydrogens is 168 g/mol. The van der Waals surface area contributed by atoms with E-state index in [1.54, 1.807) is 0 Å². The summed E-state index contributed by atoms with van der Waals surface area (Å²) in [6.07, 6.45) is 3.49. The van der Waals surface area contributed by atoms with E-state index in [1.165, 1.54) is 0 Å². The summed E-state index contributed by atoms with van der Waals surface area (Å²) in [5.41, 5.74) is 0. The largest absolute Gasteiger partial charge is 0.375 e. The van der Waals surface area contributed by atoms with Crippen LogP contribution in [0.25, 0.3) is 0 Å². The summed E-state index contributed by atoms with van der Waals surface area (Å²) >= 11 is 0. The molecule has 0 amide bonds. The molecule has 0 aliphatic carbocycles. The van der Waals surface area contributed by atoms with Crippen molar-refractivity contribution in [3.05, 3.63) is 0 Å². The van der Waals surface area contributed by atoms with Crippen molar-refractivity contribution in [2.75, 3.05) is 13.2 Å². The predicted molar refractivity (Wildman–Crippen MR) is 48.7 cm³/mol. The molecule has 3 heteroatoms. The average molecular weight is 186 g/mol. The SMILES string of the molecule is CC1CC(OCC2CO2)CC(C)O1. The topological polar surface area (TPSA) is 31.0 Å². The number of hydrogen-bond acceptors (Lipinski definition) is 3. The zero-order valence-corrected chi connectivity index (χ0v) is 8.36. The first-order valence-electron chi connectivity index (χ1n) is 5.12. The van der Waals surface area contributed by atoms with Crippen LogP contribution < -0.4 is 0 Å². The van der Waals surface area contributed by atoms with Crippen LogP contribution in [0.2, 0.25) is 0 Å². The molecule has 2 saturated heterocycles. The van der Waals surface area contributed by atoms with Crippen LogP contribution in [0, 0.1) is 0 Å². The summed E-state index contributed by atoms with van der Waals surface area (Å²) in [4.78, 5) is 0. The van der Waals surface area contributed by atoms with Gasteiger partial charge in [0.2, 0.25) is 0 Å². The smallest absolute Gasteiger partial charge is 0.104 e. The third-order valence-electron chi connectivity index (χ3n) is 2.57. The molecule has 2 fully saturated rings. The highest BCUT2D eigenvalue weighted by Crippen LogP contribution is 2.22. The lowest BCUT2D eigenvalue weighted by Crippen LogP contribution is -2.34. The number of epoxide rings is 1. The van der Waals surface area contributed by atoms with Crippen LogP contribution in [0.4, 0.5) is 0 Å². The van der Waals surface area contributed by atoms with E-state index in [0.717, 1.165) is 26.1 Å². The van der Waals surface area contributed by atoms with E-state index in [-0.39, 0.29) is 0 Å². The first kappa shape index (κ1) is 9.44. The summed E-state index contributed by atoms with van der Waals surface area (Å²) in [7, 11) is 0. The van der Waals surface area contributed by atoms with E-state index in [1.807, 2.05) is 0 Å². The van der Waals surface area contributed by atoms with Gasteiger partial charge in [0.25, 0.3) is 0 Å². The van der Waals surface area contributed by atoms with Gasteiger partial charge in [-0.2, -0.15) is 0 Å². The zero-order chi connectivity index (χ0) is 9.26. The van der Waals surface area contributed by atoms with Crippen LogP contribution in [0.15, 0.2) is 0 Å². The van der Waals surface area contributed by atoms with Crippen molar-refractivity contribution in [2.45, 2.75) is 51.1 Å². The molecule has 3 nitrogen and oxygen atoms in total. The Kier molecular flexibility index (Phi) is 2.86. The van der Waals surface area contributed by atoms with Crippen LogP contribution in [0.5, 0.6) is 0 Å². The quantitative estimate of drug-likeness (QED) is 0.623. The van der Waals surface area contributed by atoms with Crippen molar-refractivity contribution >= 4 is 0 Å². The first-order valence-corrected chi connectivity index (χ1v) is 5.12. The van der Waals surface area contributed by atoms with Crippen molar-refractivity contribution in [1.29, 1.82) is 0 Å². The lowest BCUT2D eigenvalue weighted by molar-refractivity contribution is -0.103. The highest BCUT2D eigenvalue weighted by Gasteiger charge is 2.28. The Morgan fingerprint density at radius 3 is 2.38 bits per heavy atom. The van der Waals surface area contributed by atoms with Crippen molar-refractivity contribution in [1.82, 2.24) is 0 Å². The molecular formula is C10H18O3. The van der Waals surface area contributed by atoms with Crippen LogP contribution >= 0.6 is 0 Å². The predicted octanol–water partition coefficient (Wildman–Crippen LogP) is 1.36. The lowest BCUT2D eigenvalue weighted by atomic mass is 10.0. The van der Waals surface area contributed by atoms with E-state index >= 15 is 0 Å². The van der Waals surface area contributed by atoms with Crippen LogP contribution in [0.3, 0.4) is 0 Å². The molecule has 0 saturated carbocycles. The molecule has 2 aliphatic rings. The third kappa shape index (κ3) is 2.93. The van der Waals surface area contributed by atoms with Crippen LogP contribution in [-0.4, -0.2) is 37.6 Å². The Balaban J connectivity index is 1.70. The molecule has 0 spiro atoms. The van der Waals surface area contributed by atoms with Crippen LogP contribution in [0.1, 0.15) is 26.7 Å². The van der Waals surface area contributed by atoms with Gasteiger partial charge in [-0.3, -0.25) is 0 Å². The van der Waals surface area contributed by atoms with Crippen molar-refractivity contribution in [3.8, 4) is 0 Å². The van der Waals surface area contributed by atoms with Gasteiger partial charge in [-0.15, -0.1) is 0 Å². The summed E-state index contributed by atoms with van der Waals surface area (Å²) in [6.45, 7) is 5.87. The molecule has 0 aromatic rings. The Bertz CT molecular complexity index is 158. The normalized spacial score (nSPS) is 44.8. The second-order valence-corrected chi connectivity index (χ2v) is 4.14. The summed E-state index contributed by atoms with van der Waals surface area (Å²) in [5, 5.41) is 0. The van der Waals surface area contributed by atoms with Gasteiger partial charge in [0.1, 0.15) is 6.10 Å². The molecule has 0 aromatic carbocycles. The van der Waals surface area contributed by atoms with Gasteiger partial charge in [-0.1, -0.05) is 0 Å². The Hall–Kier alpha value is -0.120. The molecule has 0 radical (unpaired) electrons. The maximum Gasteiger partial charge on any atom is 0.104 e. The Labute approximate surface area is 79.4 Å². The fraction of sp³-hybridized carbons (Fsp3) is 1.00. The fourth-order valence-electron chi connectivity index (χ4n) is 1.89. The minimum Gasteiger partial charge on any atom is -0.375 e. The molecule has 2 rings (SSSR count). The molecule has 3 atom stereocenters. The van der Waals surface area contributed by atoms with Crippen molar-refractivity contribution in [3.63, 3.8) is 0 Å². The molecule has 76 valence electrons. The maximum atomic E-state index is 5.74. The highest BCUT2D eigenvalue weighted by atomic mass is 16.6. The number of ether oxygens (including phenoxy) is 3. The van der Waals surface area contributed by atoms with Crippen LogP contribution in [-0.2, 0) is 14.2 Å². The fourth-order valence-corrected chi connectivity index (χ4v) is 1.89. The first-order chi connectivity index (χ1) is 6.24. The molecule has 0 aromatic heterocycles. The van der Waals surface area contributed by atoms with Gasteiger partial charge in [-0.25, -0.2) is 0 Å². The van der Waals surface area contributed by atoms with Gasteiger partial charge in [-0.05, 0) is 26.7 Å². The number of hydrogen-bond donors (Lipinski definition) is 0. The van der Waals surface area contributed by atoms with Gasteiger partial charge >= 0.3 is 0 Å². The molecule has 2 heterocycles. The second kappa shape index (κ2) is 3.95. The Morgan fingerprint density at radius 1 is 1.23 bits per heavy atom. The third-order valence-corrected chi connectivity index (χ3v) is 2.57. The van der Waals surface area contributed by atoms with Crippen molar-refractivity contribution < 1.29 is 14.2 Å². The summed E-state index contributed by atoms with van der Waals surface area (Å²) in [6, 6.07) is 0. The standard InChI is InChI=1S/C10H18O3/c1-7-3-9(4-8(2)13-7)11-5-10-6-12-10/h7-10H,3-6H2,1-2H3. The van der Waals surface area contributed by atoms with Gasteiger partial charge < -0.3 is 14.2 Å². The monoisotopic (exact) mass is 186 g/mol. The van der Waals surface area contributed by atoms with Gasteiger partial charge in [0.15, 0.2) is 0 Å². The molecule has 0 N–H and O–H groups in total. The van der Waals surface area contributed by atoms with Crippen molar-refractivity contribution in [2.24, 2.45) is 0 Å². The zero-order valence-electron chi connectivity index (χ0n) is 8.36. The molecule has 3 unspecified atom stereocenters.